The van der Waals surface area contributed by atoms with Crippen molar-refractivity contribution >= 4 is 39.6 Å². The van der Waals surface area contributed by atoms with Gasteiger partial charge in [0.05, 0.1) is 18.8 Å². The molecule has 0 atom stereocenters. The number of aliphatic hydroxyl groups excluding tert-OH is 1. The van der Waals surface area contributed by atoms with Crippen LogP contribution in [0.4, 0.5) is 11.8 Å². The summed E-state index contributed by atoms with van der Waals surface area (Å²) in [5.41, 5.74) is 3.86. The number of amides is 1. The minimum atomic E-state index is -0.470. The van der Waals surface area contributed by atoms with Crippen LogP contribution in [0.15, 0.2) is 30.6 Å². The molecule has 10 nitrogen and oxygen atoms in total. The molecule has 35 heavy (non-hydrogen) atoms. The first kappa shape index (κ1) is 21.7. The maximum Gasteiger partial charge on any atom is 0.248 e. The normalized spacial score (nSPS) is 16.1. The second-order valence-corrected chi connectivity index (χ2v) is 9.13. The molecular weight excluding hydrogens is 446 g/mol. The molecule has 2 N–H and O–H groups in total. The van der Waals surface area contributed by atoms with E-state index in [1.54, 1.807) is 12.0 Å². The summed E-state index contributed by atoms with van der Waals surface area (Å²) in [6.45, 7) is 0.538. The molecule has 0 radical (unpaired) electrons. The van der Waals surface area contributed by atoms with Crippen LogP contribution in [0.2, 0.25) is 0 Å². The number of carbonyl (C=O) groups is 1. The number of carbonyl (C=O) groups excluding carboxylic acids is 1. The molecule has 1 fully saturated rings. The van der Waals surface area contributed by atoms with Crippen molar-refractivity contribution in [1.29, 1.82) is 0 Å². The van der Waals surface area contributed by atoms with Crippen LogP contribution >= 0.6 is 0 Å². The van der Waals surface area contributed by atoms with Gasteiger partial charge in [-0.1, -0.05) is 18.9 Å². The van der Waals surface area contributed by atoms with E-state index in [4.69, 9.17) is 19.8 Å². The van der Waals surface area contributed by atoms with Crippen LogP contribution in [-0.2, 0) is 17.8 Å². The Morgan fingerprint density at radius 1 is 1.17 bits per heavy atom. The zero-order chi connectivity index (χ0) is 23.9. The van der Waals surface area contributed by atoms with Crippen LogP contribution in [0, 0.1) is 0 Å². The molecule has 0 spiro atoms. The van der Waals surface area contributed by atoms with Gasteiger partial charge >= 0.3 is 0 Å². The molecule has 2 aliphatic rings. The largest absolute Gasteiger partial charge is 0.481 e. The third-order valence-corrected chi connectivity index (χ3v) is 7.08. The van der Waals surface area contributed by atoms with E-state index < -0.39 is 6.61 Å². The van der Waals surface area contributed by atoms with Crippen LogP contribution in [0.5, 0.6) is 5.88 Å². The molecule has 6 rings (SSSR count). The number of aliphatic hydroxyl groups is 1. The van der Waals surface area contributed by atoms with Gasteiger partial charge in [0.15, 0.2) is 0 Å². The maximum atomic E-state index is 11.8. The predicted octanol–water partition coefficient (Wildman–Crippen LogP) is 3.12. The number of rotatable bonds is 5. The molecule has 1 aliphatic heterocycles. The molecule has 0 bridgehead atoms. The minimum Gasteiger partial charge on any atom is -0.481 e. The van der Waals surface area contributed by atoms with E-state index in [2.05, 4.69) is 19.9 Å². The van der Waals surface area contributed by atoms with Gasteiger partial charge in [0, 0.05) is 54.3 Å². The fourth-order valence-corrected chi connectivity index (χ4v) is 5.31. The summed E-state index contributed by atoms with van der Waals surface area (Å²) >= 11 is 0. The highest BCUT2D eigenvalue weighted by Gasteiger charge is 2.24. The Labute approximate surface area is 202 Å². The fourth-order valence-electron chi connectivity index (χ4n) is 5.31. The summed E-state index contributed by atoms with van der Waals surface area (Å²) in [7, 11) is 1.62. The third-order valence-electron chi connectivity index (χ3n) is 7.08. The second-order valence-electron chi connectivity index (χ2n) is 9.13. The van der Waals surface area contributed by atoms with Crippen molar-refractivity contribution in [3.63, 3.8) is 0 Å². The van der Waals surface area contributed by atoms with Crippen LogP contribution in [0.1, 0.15) is 43.0 Å². The van der Waals surface area contributed by atoms with Crippen molar-refractivity contribution in [3.8, 4) is 5.88 Å². The molecule has 4 aromatic heterocycles. The molecule has 5 heterocycles. The van der Waals surface area contributed by atoms with Gasteiger partial charge in [-0.2, -0.15) is 4.98 Å². The number of nitrogens with zero attached hydrogens (tertiary/aromatic N) is 6. The third kappa shape index (κ3) is 3.83. The Bertz CT molecular complexity index is 1430. The number of fused-ring (bicyclic) bond motifs is 4. The lowest BCUT2D eigenvalue weighted by Gasteiger charge is -2.28. The quantitative estimate of drug-likeness (QED) is 0.454. The summed E-state index contributed by atoms with van der Waals surface area (Å²) in [5.74, 6) is 1.46. The van der Waals surface area contributed by atoms with Crippen LogP contribution < -0.4 is 10.1 Å². The molecule has 180 valence electrons. The number of methoxy groups -OCH3 is 1. The van der Waals surface area contributed by atoms with E-state index in [-0.39, 0.29) is 5.91 Å². The molecule has 1 aliphatic carbocycles. The standard InChI is InChI=1S/C25H27N7O3/c1-35-22-10-17-18-11-27-25(30-24(18)32(20(17)12-26-22)16-4-2-3-5-16)29-21-7-6-15-13-31(23(34)14-33)9-8-19(15)28-21/h6-7,10-12,16,33H,2-5,8-9,13-14H2,1H3,(H,27,28,29,30). The Hall–Kier alpha value is -3.79. The monoisotopic (exact) mass is 473 g/mol. The maximum absolute atomic E-state index is 11.8. The molecular formula is C25H27N7O3. The van der Waals surface area contributed by atoms with Gasteiger partial charge < -0.3 is 24.6 Å². The van der Waals surface area contributed by atoms with Gasteiger partial charge in [-0.25, -0.2) is 15.0 Å². The Balaban J connectivity index is 1.35. The molecule has 10 heteroatoms. The molecule has 1 amide bonds. The molecule has 1 saturated carbocycles. The molecule has 4 aromatic rings. The van der Waals surface area contributed by atoms with Crippen molar-refractivity contribution in [2.24, 2.45) is 0 Å². The number of aromatic nitrogens is 5. The van der Waals surface area contributed by atoms with Gasteiger partial charge in [0.2, 0.25) is 17.7 Å². The predicted molar refractivity (Wildman–Crippen MR) is 131 cm³/mol. The second kappa shape index (κ2) is 8.77. The smallest absolute Gasteiger partial charge is 0.248 e. The highest BCUT2D eigenvalue weighted by atomic mass is 16.5. The van der Waals surface area contributed by atoms with E-state index in [1.165, 1.54) is 12.8 Å². The van der Waals surface area contributed by atoms with Crippen molar-refractivity contribution in [2.75, 3.05) is 25.6 Å². The SMILES string of the molecule is COc1cc2c3cnc(Nc4ccc5c(n4)CCN(C(=O)CO)C5)nc3n(C3CCCC3)c2cn1. The molecule has 0 saturated heterocycles. The molecule has 0 unspecified atom stereocenters. The van der Waals surface area contributed by atoms with E-state index >= 15 is 0 Å². The van der Waals surface area contributed by atoms with Crippen molar-refractivity contribution in [2.45, 2.75) is 44.7 Å². The Morgan fingerprint density at radius 2 is 2.03 bits per heavy atom. The Kier molecular flexibility index (Phi) is 5.44. The highest BCUT2D eigenvalue weighted by molar-refractivity contribution is 6.06. The van der Waals surface area contributed by atoms with Gasteiger partial charge in [-0.15, -0.1) is 0 Å². The van der Waals surface area contributed by atoms with Crippen LogP contribution in [0.3, 0.4) is 0 Å². The summed E-state index contributed by atoms with van der Waals surface area (Å²) in [6.07, 6.45) is 9.05. The zero-order valence-electron chi connectivity index (χ0n) is 19.6. The zero-order valence-corrected chi connectivity index (χ0v) is 19.6. The summed E-state index contributed by atoms with van der Waals surface area (Å²) in [6, 6.07) is 6.18. The topological polar surface area (TPSA) is 118 Å². The number of hydrogen-bond acceptors (Lipinski definition) is 8. The first-order valence-corrected chi connectivity index (χ1v) is 12.0. The van der Waals surface area contributed by atoms with Crippen LogP contribution in [0.25, 0.3) is 21.9 Å². The number of nitrogens with one attached hydrogen (secondary N) is 1. The number of ether oxygens (including phenoxy) is 1. The number of hydrogen-bond donors (Lipinski definition) is 2. The van der Waals surface area contributed by atoms with Gasteiger partial charge in [-0.05, 0) is 24.5 Å². The van der Waals surface area contributed by atoms with E-state index in [1.807, 2.05) is 30.6 Å². The van der Waals surface area contributed by atoms with Crippen molar-refractivity contribution in [3.05, 3.63) is 41.9 Å². The first-order valence-electron chi connectivity index (χ1n) is 12.0. The summed E-state index contributed by atoms with van der Waals surface area (Å²) in [5, 5.41) is 14.4. The van der Waals surface area contributed by atoms with Crippen molar-refractivity contribution in [1.82, 2.24) is 29.4 Å². The van der Waals surface area contributed by atoms with Gasteiger partial charge in [0.25, 0.3) is 0 Å². The minimum absolute atomic E-state index is 0.259. The first-order chi connectivity index (χ1) is 17.1. The van der Waals surface area contributed by atoms with Gasteiger partial charge in [0.1, 0.15) is 18.1 Å². The van der Waals surface area contributed by atoms with Crippen molar-refractivity contribution < 1.29 is 14.6 Å². The lowest BCUT2D eigenvalue weighted by molar-refractivity contribution is -0.135. The lowest BCUT2D eigenvalue weighted by atomic mass is 10.1. The number of pyridine rings is 2. The van der Waals surface area contributed by atoms with Crippen LogP contribution in [-0.4, -0.2) is 60.7 Å². The Morgan fingerprint density at radius 3 is 2.83 bits per heavy atom. The fraction of sp³-hybridized carbons (Fsp3) is 0.400. The highest BCUT2D eigenvalue weighted by Crippen LogP contribution is 2.38. The average Bonchev–Trinajstić information content (AvgIpc) is 3.53. The van der Waals surface area contributed by atoms with E-state index in [0.717, 1.165) is 46.0 Å². The average molecular weight is 474 g/mol. The van der Waals surface area contributed by atoms with Gasteiger partial charge in [-0.3, -0.25) is 4.79 Å². The molecule has 0 aromatic carbocycles. The lowest BCUT2D eigenvalue weighted by Crippen LogP contribution is -2.37. The van der Waals surface area contributed by atoms with E-state index in [0.29, 0.717) is 43.2 Å². The van der Waals surface area contributed by atoms with E-state index in [9.17, 15) is 4.79 Å². The summed E-state index contributed by atoms with van der Waals surface area (Å²) in [4.78, 5) is 32.2. The number of anilines is 2. The summed E-state index contributed by atoms with van der Waals surface area (Å²) < 4.78 is 7.67.